The van der Waals surface area contributed by atoms with E-state index in [0.29, 0.717) is 24.5 Å². The fourth-order valence-electron chi connectivity index (χ4n) is 3.61. The average Bonchev–Trinajstić information content (AvgIpc) is 2.66. The molecule has 150 valence electrons. The van der Waals surface area contributed by atoms with Gasteiger partial charge >= 0.3 is 0 Å². The minimum atomic E-state index is -0.368. The molecule has 2 aromatic rings. The van der Waals surface area contributed by atoms with Crippen LogP contribution in [0, 0.1) is 18.2 Å². The van der Waals surface area contributed by atoms with Crippen molar-refractivity contribution < 1.29 is 9.18 Å². The Bertz CT molecular complexity index is 867. The van der Waals surface area contributed by atoms with Crippen LogP contribution in [0.15, 0.2) is 24.3 Å². The number of hydrogen-bond donors (Lipinski definition) is 0. The predicted octanol–water partition coefficient (Wildman–Crippen LogP) is 3.85. The number of amides is 1. The molecular weight excluding hydrogens is 355 g/mol. The van der Waals surface area contributed by atoms with Gasteiger partial charge in [-0.1, -0.05) is 39.8 Å². The van der Waals surface area contributed by atoms with Crippen molar-refractivity contribution in [3.8, 4) is 11.4 Å². The van der Waals surface area contributed by atoms with Crippen LogP contribution < -0.4 is 4.90 Å². The van der Waals surface area contributed by atoms with Gasteiger partial charge in [0.1, 0.15) is 11.6 Å². The summed E-state index contributed by atoms with van der Waals surface area (Å²) in [6.45, 7) is 12.8. The molecule has 0 N–H and O–H groups in total. The van der Waals surface area contributed by atoms with Gasteiger partial charge in [0.15, 0.2) is 5.82 Å². The second kappa shape index (κ2) is 7.86. The lowest BCUT2D eigenvalue weighted by Gasteiger charge is -2.39. The third-order valence-electron chi connectivity index (χ3n) is 5.14. The molecule has 1 amide bonds. The third-order valence-corrected chi connectivity index (χ3v) is 5.14. The first kappa shape index (κ1) is 20.2. The molecule has 5 nitrogen and oxygen atoms in total. The van der Waals surface area contributed by atoms with Gasteiger partial charge in [0, 0.05) is 48.4 Å². The Balaban J connectivity index is 1.88. The van der Waals surface area contributed by atoms with Crippen LogP contribution in [0.1, 0.15) is 39.0 Å². The molecule has 0 aliphatic carbocycles. The number of carbonyl (C=O) groups is 1. The number of carbonyl (C=O) groups excluding carboxylic acids is 1. The standard InChI is InChI=1S/C22H29FN4O/c1-6-18-15(2)24-19(16-8-7-9-17(23)14-16)25-20(18)26-10-12-27(13-11-26)21(28)22(3,4)5/h7-9,14H,6,10-13H2,1-5H3. The van der Waals surface area contributed by atoms with E-state index < -0.39 is 0 Å². The lowest BCUT2D eigenvalue weighted by atomic mass is 9.94. The molecule has 0 atom stereocenters. The number of nitrogens with zero attached hydrogens (tertiary/aromatic N) is 4. The molecule has 1 aliphatic heterocycles. The first-order valence-electron chi connectivity index (χ1n) is 9.88. The average molecular weight is 384 g/mol. The summed E-state index contributed by atoms with van der Waals surface area (Å²) >= 11 is 0. The summed E-state index contributed by atoms with van der Waals surface area (Å²) < 4.78 is 13.7. The van der Waals surface area contributed by atoms with E-state index in [4.69, 9.17) is 4.98 Å². The van der Waals surface area contributed by atoms with Gasteiger partial charge in [0.25, 0.3) is 0 Å². The second-order valence-corrected chi connectivity index (χ2v) is 8.33. The van der Waals surface area contributed by atoms with Crippen molar-refractivity contribution in [1.29, 1.82) is 0 Å². The molecule has 1 aromatic carbocycles. The summed E-state index contributed by atoms with van der Waals surface area (Å²) in [5, 5.41) is 0. The number of anilines is 1. The SMILES string of the molecule is CCc1c(C)nc(-c2cccc(F)c2)nc1N1CCN(C(=O)C(C)(C)C)CC1. The van der Waals surface area contributed by atoms with Gasteiger partial charge in [-0.25, -0.2) is 14.4 Å². The number of piperazine rings is 1. The number of aryl methyl sites for hydroxylation is 1. The first-order valence-corrected chi connectivity index (χ1v) is 9.88. The van der Waals surface area contributed by atoms with Gasteiger partial charge in [-0.2, -0.15) is 0 Å². The fourth-order valence-corrected chi connectivity index (χ4v) is 3.61. The number of benzene rings is 1. The van der Waals surface area contributed by atoms with Crippen LogP contribution in [-0.4, -0.2) is 47.0 Å². The number of hydrogen-bond acceptors (Lipinski definition) is 4. The highest BCUT2D eigenvalue weighted by Crippen LogP contribution is 2.27. The minimum Gasteiger partial charge on any atom is -0.353 e. The Kier molecular flexibility index (Phi) is 5.68. The van der Waals surface area contributed by atoms with E-state index >= 15 is 0 Å². The van der Waals surface area contributed by atoms with Crippen LogP contribution in [0.4, 0.5) is 10.2 Å². The topological polar surface area (TPSA) is 49.3 Å². The molecule has 0 bridgehead atoms. The molecule has 0 spiro atoms. The molecule has 0 saturated carbocycles. The van der Waals surface area contributed by atoms with E-state index in [2.05, 4.69) is 16.8 Å². The number of rotatable bonds is 3. The summed E-state index contributed by atoms with van der Waals surface area (Å²) in [6.07, 6.45) is 0.825. The largest absolute Gasteiger partial charge is 0.353 e. The van der Waals surface area contributed by atoms with E-state index in [9.17, 15) is 9.18 Å². The zero-order chi connectivity index (χ0) is 20.5. The van der Waals surface area contributed by atoms with E-state index in [-0.39, 0.29) is 17.1 Å². The zero-order valence-electron chi connectivity index (χ0n) is 17.4. The zero-order valence-corrected chi connectivity index (χ0v) is 17.4. The Morgan fingerprint density at radius 2 is 1.82 bits per heavy atom. The monoisotopic (exact) mass is 384 g/mol. The van der Waals surface area contributed by atoms with Crippen molar-refractivity contribution in [1.82, 2.24) is 14.9 Å². The molecular formula is C22H29FN4O. The molecule has 1 aromatic heterocycles. The van der Waals surface area contributed by atoms with Crippen molar-refractivity contribution in [2.75, 3.05) is 31.1 Å². The summed E-state index contributed by atoms with van der Waals surface area (Å²) in [5.41, 5.74) is 2.33. The van der Waals surface area contributed by atoms with Crippen LogP contribution >= 0.6 is 0 Å². The van der Waals surface area contributed by atoms with Crippen molar-refractivity contribution >= 4 is 11.7 Å². The maximum absolute atomic E-state index is 13.7. The minimum absolute atomic E-state index is 0.183. The molecule has 1 fully saturated rings. The van der Waals surface area contributed by atoms with Gasteiger partial charge in [-0.3, -0.25) is 4.79 Å². The third kappa shape index (κ3) is 4.16. The van der Waals surface area contributed by atoms with E-state index in [0.717, 1.165) is 36.6 Å². The van der Waals surface area contributed by atoms with Crippen molar-refractivity contribution in [2.45, 2.75) is 41.0 Å². The van der Waals surface area contributed by atoms with Crippen LogP contribution in [0.5, 0.6) is 0 Å². The van der Waals surface area contributed by atoms with Gasteiger partial charge in [0.2, 0.25) is 5.91 Å². The maximum atomic E-state index is 13.7. The summed E-state index contributed by atoms with van der Waals surface area (Å²) in [7, 11) is 0. The normalized spacial score (nSPS) is 15.1. The molecule has 28 heavy (non-hydrogen) atoms. The molecule has 2 heterocycles. The Morgan fingerprint density at radius 1 is 1.14 bits per heavy atom. The van der Waals surface area contributed by atoms with Crippen LogP contribution in [-0.2, 0) is 11.2 Å². The molecule has 6 heteroatoms. The van der Waals surface area contributed by atoms with E-state index in [1.54, 1.807) is 6.07 Å². The van der Waals surface area contributed by atoms with Gasteiger partial charge in [0.05, 0.1) is 0 Å². The van der Waals surface area contributed by atoms with Crippen LogP contribution in [0.3, 0.4) is 0 Å². The Labute approximate surface area is 166 Å². The lowest BCUT2D eigenvalue weighted by molar-refractivity contribution is -0.139. The summed E-state index contributed by atoms with van der Waals surface area (Å²) in [5.74, 6) is 1.32. The Hall–Kier alpha value is -2.50. The van der Waals surface area contributed by atoms with Gasteiger partial charge in [-0.15, -0.1) is 0 Å². The van der Waals surface area contributed by atoms with Crippen molar-refractivity contribution in [3.63, 3.8) is 0 Å². The Morgan fingerprint density at radius 3 is 2.39 bits per heavy atom. The maximum Gasteiger partial charge on any atom is 0.228 e. The summed E-state index contributed by atoms with van der Waals surface area (Å²) in [6, 6.07) is 6.38. The molecule has 0 unspecified atom stereocenters. The quantitative estimate of drug-likeness (QED) is 0.807. The van der Waals surface area contributed by atoms with Gasteiger partial charge < -0.3 is 9.80 Å². The number of halogens is 1. The van der Waals surface area contributed by atoms with Crippen molar-refractivity contribution in [2.24, 2.45) is 5.41 Å². The molecule has 1 aliphatic rings. The van der Waals surface area contributed by atoms with Crippen LogP contribution in [0.2, 0.25) is 0 Å². The number of aromatic nitrogens is 2. The van der Waals surface area contributed by atoms with Crippen molar-refractivity contribution in [3.05, 3.63) is 41.3 Å². The second-order valence-electron chi connectivity index (χ2n) is 8.33. The smallest absolute Gasteiger partial charge is 0.228 e. The highest BCUT2D eigenvalue weighted by molar-refractivity contribution is 5.81. The van der Waals surface area contributed by atoms with E-state index in [1.807, 2.05) is 38.7 Å². The molecule has 3 rings (SSSR count). The highest BCUT2D eigenvalue weighted by Gasteiger charge is 2.30. The molecule has 1 saturated heterocycles. The fraction of sp³-hybridized carbons (Fsp3) is 0.500. The van der Waals surface area contributed by atoms with E-state index in [1.165, 1.54) is 12.1 Å². The molecule has 0 radical (unpaired) electrons. The van der Waals surface area contributed by atoms with Gasteiger partial charge in [-0.05, 0) is 25.5 Å². The highest BCUT2D eigenvalue weighted by atomic mass is 19.1. The predicted molar refractivity (Wildman–Crippen MR) is 110 cm³/mol. The summed E-state index contributed by atoms with van der Waals surface area (Å²) in [4.78, 5) is 26.1. The van der Waals surface area contributed by atoms with Crippen LogP contribution in [0.25, 0.3) is 11.4 Å². The first-order chi connectivity index (χ1) is 13.2. The lowest BCUT2D eigenvalue weighted by Crippen LogP contribution is -2.52.